The highest BCUT2D eigenvalue weighted by atomic mass is 16.3. The van der Waals surface area contributed by atoms with E-state index < -0.39 is 22.9 Å². The molecule has 0 saturated carbocycles. The third-order valence-corrected chi connectivity index (χ3v) is 6.12. The Kier molecular flexibility index (Phi) is 5.44. The quantitative estimate of drug-likeness (QED) is 0.804. The SMILES string of the molecule is CC(C)(C)C(C)(O)[C@@H]1C(=O)N(Cc2ccccc2)C(=O)[C@H]1Cc1ccccc1. The van der Waals surface area contributed by atoms with Crippen molar-refractivity contribution < 1.29 is 14.7 Å². The Balaban J connectivity index is 1.98. The number of likely N-dealkylation sites (tertiary alicyclic amines) is 1. The molecular weight excluding hydrogens is 350 g/mol. The minimum atomic E-state index is -1.31. The molecule has 1 aliphatic heterocycles. The molecule has 2 aromatic carbocycles. The minimum absolute atomic E-state index is 0.202. The van der Waals surface area contributed by atoms with Gasteiger partial charge in [-0.1, -0.05) is 81.4 Å². The van der Waals surface area contributed by atoms with Gasteiger partial charge in [-0.25, -0.2) is 0 Å². The maximum absolute atomic E-state index is 13.4. The molecule has 1 saturated heterocycles. The molecule has 3 rings (SSSR count). The Morgan fingerprint density at radius 2 is 1.32 bits per heavy atom. The Hall–Kier alpha value is -2.46. The van der Waals surface area contributed by atoms with Crippen LogP contribution in [-0.2, 0) is 22.6 Å². The fraction of sp³-hybridized carbons (Fsp3) is 0.417. The molecule has 4 nitrogen and oxygen atoms in total. The topological polar surface area (TPSA) is 57.6 Å². The lowest BCUT2D eigenvalue weighted by Crippen LogP contribution is -2.51. The zero-order valence-corrected chi connectivity index (χ0v) is 17.1. The fourth-order valence-electron chi connectivity index (χ4n) is 3.89. The van der Waals surface area contributed by atoms with E-state index in [1.54, 1.807) is 6.92 Å². The van der Waals surface area contributed by atoms with E-state index in [0.717, 1.165) is 11.1 Å². The molecule has 2 amide bonds. The fourth-order valence-corrected chi connectivity index (χ4v) is 3.89. The second-order valence-corrected chi connectivity index (χ2v) is 8.92. The Morgan fingerprint density at radius 1 is 0.821 bits per heavy atom. The van der Waals surface area contributed by atoms with Gasteiger partial charge in [-0.15, -0.1) is 0 Å². The average Bonchev–Trinajstić information content (AvgIpc) is 2.87. The molecule has 0 aromatic heterocycles. The van der Waals surface area contributed by atoms with Crippen molar-refractivity contribution in [3.05, 3.63) is 71.8 Å². The Labute approximate surface area is 167 Å². The lowest BCUT2D eigenvalue weighted by Gasteiger charge is -2.42. The van der Waals surface area contributed by atoms with Crippen LogP contribution in [0.4, 0.5) is 0 Å². The highest BCUT2D eigenvalue weighted by molar-refractivity contribution is 6.05. The number of carbonyl (C=O) groups excluding carboxylic acids is 2. The zero-order chi connectivity index (χ0) is 20.5. The van der Waals surface area contributed by atoms with Crippen LogP contribution in [0.3, 0.4) is 0 Å². The lowest BCUT2D eigenvalue weighted by molar-refractivity contribution is -0.149. The van der Waals surface area contributed by atoms with Crippen molar-refractivity contribution in [3.8, 4) is 0 Å². The first-order valence-electron chi connectivity index (χ1n) is 9.78. The molecule has 0 aliphatic carbocycles. The van der Waals surface area contributed by atoms with E-state index in [4.69, 9.17) is 0 Å². The monoisotopic (exact) mass is 379 g/mol. The maximum atomic E-state index is 13.4. The van der Waals surface area contributed by atoms with E-state index in [0.29, 0.717) is 6.42 Å². The van der Waals surface area contributed by atoms with Crippen LogP contribution in [0.5, 0.6) is 0 Å². The van der Waals surface area contributed by atoms with Crippen molar-refractivity contribution in [1.29, 1.82) is 0 Å². The average molecular weight is 380 g/mol. The van der Waals surface area contributed by atoms with Gasteiger partial charge in [0.25, 0.3) is 0 Å². The van der Waals surface area contributed by atoms with Crippen molar-refractivity contribution in [2.75, 3.05) is 0 Å². The summed E-state index contributed by atoms with van der Waals surface area (Å²) in [6, 6.07) is 19.2. The smallest absolute Gasteiger partial charge is 0.236 e. The van der Waals surface area contributed by atoms with Gasteiger partial charge >= 0.3 is 0 Å². The third-order valence-electron chi connectivity index (χ3n) is 6.12. The van der Waals surface area contributed by atoms with E-state index in [1.165, 1.54) is 4.90 Å². The van der Waals surface area contributed by atoms with Crippen molar-refractivity contribution in [3.63, 3.8) is 0 Å². The van der Waals surface area contributed by atoms with Crippen LogP contribution in [0.2, 0.25) is 0 Å². The molecule has 1 unspecified atom stereocenters. The summed E-state index contributed by atoms with van der Waals surface area (Å²) >= 11 is 0. The Morgan fingerprint density at radius 3 is 1.82 bits per heavy atom. The summed E-state index contributed by atoms with van der Waals surface area (Å²) < 4.78 is 0. The molecular formula is C24H29NO3. The predicted octanol–water partition coefficient (Wildman–Crippen LogP) is 3.83. The predicted molar refractivity (Wildman–Crippen MR) is 109 cm³/mol. The summed E-state index contributed by atoms with van der Waals surface area (Å²) in [4.78, 5) is 28.0. The van der Waals surface area contributed by atoms with Crippen LogP contribution >= 0.6 is 0 Å². The van der Waals surface area contributed by atoms with Gasteiger partial charge in [0.15, 0.2) is 0 Å². The summed E-state index contributed by atoms with van der Waals surface area (Å²) in [6.45, 7) is 7.64. The van der Waals surface area contributed by atoms with Crippen molar-refractivity contribution in [2.45, 2.75) is 46.3 Å². The molecule has 1 fully saturated rings. The van der Waals surface area contributed by atoms with Gasteiger partial charge in [-0.3, -0.25) is 14.5 Å². The lowest BCUT2D eigenvalue weighted by atomic mass is 9.66. The second kappa shape index (κ2) is 7.51. The molecule has 1 N–H and O–H groups in total. The van der Waals surface area contributed by atoms with Crippen molar-refractivity contribution >= 4 is 11.8 Å². The van der Waals surface area contributed by atoms with Crippen LogP contribution in [0.1, 0.15) is 38.8 Å². The largest absolute Gasteiger partial charge is 0.389 e. The van der Waals surface area contributed by atoms with Crippen LogP contribution in [0.25, 0.3) is 0 Å². The van der Waals surface area contributed by atoms with E-state index in [9.17, 15) is 14.7 Å². The molecule has 4 heteroatoms. The number of hydrogen-bond donors (Lipinski definition) is 1. The number of amides is 2. The summed E-state index contributed by atoms with van der Waals surface area (Å²) in [6.07, 6.45) is 0.438. The van der Waals surface area contributed by atoms with E-state index in [1.807, 2.05) is 81.4 Å². The first kappa shape index (κ1) is 20.3. The molecule has 3 atom stereocenters. The van der Waals surface area contributed by atoms with E-state index in [-0.39, 0.29) is 18.4 Å². The van der Waals surface area contributed by atoms with Gasteiger partial charge in [0, 0.05) is 0 Å². The normalized spacial score (nSPS) is 22.4. The molecule has 0 bridgehead atoms. The van der Waals surface area contributed by atoms with E-state index >= 15 is 0 Å². The van der Waals surface area contributed by atoms with Crippen LogP contribution in [-0.4, -0.2) is 27.4 Å². The first-order chi connectivity index (χ1) is 13.1. The highest BCUT2D eigenvalue weighted by Gasteiger charge is 2.58. The van der Waals surface area contributed by atoms with Crippen LogP contribution in [0, 0.1) is 17.3 Å². The molecule has 2 aromatic rings. The maximum Gasteiger partial charge on any atom is 0.236 e. The van der Waals surface area contributed by atoms with Gasteiger partial charge < -0.3 is 5.11 Å². The van der Waals surface area contributed by atoms with Gasteiger partial charge in [-0.2, -0.15) is 0 Å². The zero-order valence-electron chi connectivity index (χ0n) is 17.1. The standard InChI is InChI=1S/C24H29NO3/c1-23(2,3)24(4,28)20-19(15-17-11-7-5-8-12-17)21(26)25(22(20)27)16-18-13-9-6-10-14-18/h5-14,19-20,28H,15-16H2,1-4H3/t19-,20-,24?/m0/s1. The number of nitrogens with zero attached hydrogens (tertiary/aromatic N) is 1. The van der Waals surface area contributed by atoms with Crippen molar-refractivity contribution in [1.82, 2.24) is 4.90 Å². The number of aliphatic hydroxyl groups is 1. The minimum Gasteiger partial charge on any atom is -0.389 e. The summed E-state index contributed by atoms with van der Waals surface area (Å²) in [5.41, 5.74) is 0.0271. The highest BCUT2D eigenvalue weighted by Crippen LogP contribution is 2.45. The summed E-state index contributed by atoms with van der Waals surface area (Å²) in [5, 5.41) is 11.4. The number of hydrogen-bond acceptors (Lipinski definition) is 3. The van der Waals surface area contributed by atoms with E-state index in [2.05, 4.69) is 0 Å². The van der Waals surface area contributed by atoms with Crippen molar-refractivity contribution in [2.24, 2.45) is 17.3 Å². The van der Waals surface area contributed by atoms with Gasteiger partial charge in [0.1, 0.15) is 0 Å². The summed E-state index contributed by atoms with van der Waals surface area (Å²) in [5.74, 6) is -1.83. The summed E-state index contributed by atoms with van der Waals surface area (Å²) in [7, 11) is 0. The third kappa shape index (κ3) is 3.74. The molecule has 0 radical (unpaired) electrons. The molecule has 148 valence electrons. The number of carbonyl (C=O) groups is 2. The second-order valence-electron chi connectivity index (χ2n) is 8.92. The molecule has 0 spiro atoms. The van der Waals surface area contributed by atoms with Crippen LogP contribution < -0.4 is 0 Å². The van der Waals surface area contributed by atoms with Gasteiger partial charge in [-0.05, 0) is 29.9 Å². The number of benzene rings is 2. The number of rotatable bonds is 5. The Bertz CT molecular complexity index is 837. The number of imide groups is 1. The molecule has 28 heavy (non-hydrogen) atoms. The van der Waals surface area contributed by atoms with Crippen LogP contribution in [0.15, 0.2) is 60.7 Å². The molecule has 1 heterocycles. The van der Waals surface area contributed by atoms with Gasteiger partial charge in [0.2, 0.25) is 11.8 Å². The first-order valence-corrected chi connectivity index (χ1v) is 9.78. The van der Waals surface area contributed by atoms with Gasteiger partial charge in [0.05, 0.1) is 24.0 Å². The molecule has 1 aliphatic rings.